The molecule has 1 aliphatic rings. The Hall–Kier alpha value is -3.26. The second kappa shape index (κ2) is 7.77. The number of nitrogens with one attached hydrogen (secondary N) is 1. The third kappa shape index (κ3) is 4.01. The molecule has 28 heavy (non-hydrogen) atoms. The van der Waals surface area contributed by atoms with Gasteiger partial charge in [0.2, 0.25) is 5.91 Å². The van der Waals surface area contributed by atoms with E-state index in [9.17, 15) is 4.79 Å². The average Bonchev–Trinajstić information content (AvgIpc) is 3.14. The maximum absolute atomic E-state index is 11.5. The number of furan rings is 1. The number of amides is 1. The summed E-state index contributed by atoms with van der Waals surface area (Å²) in [5.74, 6) is 2.76. The monoisotopic (exact) mass is 379 g/mol. The minimum atomic E-state index is -0.207. The lowest BCUT2D eigenvalue weighted by molar-refractivity contribution is -0.114. The van der Waals surface area contributed by atoms with Crippen LogP contribution in [0.2, 0.25) is 0 Å². The average molecular weight is 379 g/mol. The van der Waals surface area contributed by atoms with E-state index in [1.54, 1.807) is 6.07 Å². The Labute approximate surface area is 162 Å². The van der Waals surface area contributed by atoms with Crippen LogP contribution in [0.1, 0.15) is 12.7 Å². The van der Waals surface area contributed by atoms with Gasteiger partial charge in [-0.1, -0.05) is 6.07 Å². The number of hydrogen-bond acceptors (Lipinski definition) is 7. The maximum Gasteiger partial charge on any atom is 0.222 e. The van der Waals surface area contributed by atoms with Crippen LogP contribution in [-0.4, -0.2) is 47.2 Å². The molecule has 1 fully saturated rings. The molecule has 3 aromatic heterocycles. The first-order valence-electron chi connectivity index (χ1n) is 9.12. The number of rotatable bonds is 4. The molecule has 1 aliphatic heterocycles. The summed E-state index contributed by atoms with van der Waals surface area (Å²) in [5, 5.41) is 2.72. The predicted octanol–water partition coefficient (Wildman–Crippen LogP) is 2.90. The van der Waals surface area contributed by atoms with Gasteiger partial charge >= 0.3 is 0 Å². The van der Waals surface area contributed by atoms with Gasteiger partial charge in [-0.2, -0.15) is 0 Å². The number of carbonyl (C=O) groups excluding carboxylic acids is 1. The summed E-state index contributed by atoms with van der Waals surface area (Å²) >= 11 is 0. The topological polar surface area (TPSA) is 93.4 Å². The lowest BCUT2D eigenvalue weighted by Crippen LogP contribution is -2.36. The van der Waals surface area contributed by atoms with Crippen molar-refractivity contribution in [2.45, 2.75) is 13.8 Å². The molecule has 1 amide bonds. The number of morpholine rings is 1. The predicted molar refractivity (Wildman–Crippen MR) is 105 cm³/mol. The molecule has 4 rings (SSSR count). The molecule has 8 heteroatoms. The molecule has 0 saturated carbocycles. The molecule has 0 atom stereocenters. The molecule has 0 spiro atoms. The minimum absolute atomic E-state index is 0.207. The van der Waals surface area contributed by atoms with Crippen molar-refractivity contribution in [3.63, 3.8) is 0 Å². The van der Waals surface area contributed by atoms with Gasteiger partial charge in [0.15, 0.2) is 11.6 Å². The fourth-order valence-electron chi connectivity index (χ4n) is 3.02. The Morgan fingerprint density at radius 2 is 1.89 bits per heavy atom. The van der Waals surface area contributed by atoms with Crippen LogP contribution in [0.25, 0.3) is 23.0 Å². The van der Waals surface area contributed by atoms with Crippen LogP contribution in [0.15, 0.2) is 40.8 Å². The highest BCUT2D eigenvalue weighted by Crippen LogP contribution is 2.26. The first kappa shape index (κ1) is 18.1. The van der Waals surface area contributed by atoms with Crippen LogP contribution in [0.4, 0.5) is 11.6 Å². The molecule has 1 saturated heterocycles. The van der Waals surface area contributed by atoms with Gasteiger partial charge < -0.3 is 19.4 Å². The molecule has 8 nitrogen and oxygen atoms in total. The van der Waals surface area contributed by atoms with Gasteiger partial charge in [-0.15, -0.1) is 0 Å². The van der Waals surface area contributed by atoms with Crippen molar-refractivity contribution >= 4 is 17.5 Å². The van der Waals surface area contributed by atoms with Crippen molar-refractivity contribution < 1.29 is 13.9 Å². The standard InChI is InChI=1S/C20H21N5O3/c1-13-6-7-17(28-13)20-23-16(12-18(24-20)21-14(2)26)15-4-3-5-19(22-15)25-8-10-27-11-9-25/h3-7,12H,8-11H2,1-2H3,(H,21,23,24,26). The normalized spacial score (nSPS) is 14.1. The second-order valence-corrected chi connectivity index (χ2v) is 6.53. The number of carbonyl (C=O) groups is 1. The van der Waals surface area contributed by atoms with E-state index < -0.39 is 0 Å². The zero-order valence-corrected chi connectivity index (χ0v) is 15.8. The number of aromatic nitrogens is 3. The van der Waals surface area contributed by atoms with Crippen molar-refractivity contribution in [1.29, 1.82) is 0 Å². The quantitative estimate of drug-likeness (QED) is 0.745. The zero-order valence-electron chi connectivity index (χ0n) is 15.8. The van der Waals surface area contributed by atoms with E-state index in [4.69, 9.17) is 14.1 Å². The first-order valence-corrected chi connectivity index (χ1v) is 9.12. The Bertz CT molecular complexity index is 995. The van der Waals surface area contributed by atoms with Crippen molar-refractivity contribution in [3.8, 4) is 23.0 Å². The number of anilines is 2. The number of aryl methyl sites for hydroxylation is 1. The van der Waals surface area contributed by atoms with Crippen molar-refractivity contribution in [3.05, 3.63) is 42.2 Å². The molecule has 4 heterocycles. The third-order valence-electron chi connectivity index (χ3n) is 4.32. The number of ether oxygens (including phenoxy) is 1. The van der Waals surface area contributed by atoms with Crippen LogP contribution in [0, 0.1) is 6.92 Å². The molecule has 0 radical (unpaired) electrons. The summed E-state index contributed by atoms with van der Waals surface area (Å²) in [7, 11) is 0. The number of nitrogens with zero attached hydrogens (tertiary/aromatic N) is 4. The van der Waals surface area contributed by atoms with Crippen LogP contribution >= 0.6 is 0 Å². The van der Waals surface area contributed by atoms with Crippen LogP contribution in [0.5, 0.6) is 0 Å². The fraction of sp³-hybridized carbons (Fsp3) is 0.300. The third-order valence-corrected chi connectivity index (χ3v) is 4.32. The van der Waals surface area contributed by atoms with Crippen molar-refractivity contribution in [1.82, 2.24) is 15.0 Å². The van der Waals surface area contributed by atoms with Gasteiger partial charge in [0, 0.05) is 26.1 Å². The zero-order chi connectivity index (χ0) is 19.5. The van der Waals surface area contributed by atoms with Gasteiger partial charge in [-0.3, -0.25) is 4.79 Å². The summed E-state index contributed by atoms with van der Waals surface area (Å²) in [6, 6.07) is 11.2. The number of pyridine rings is 1. The van der Waals surface area contributed by atoms with Crippen LogP contribution < -0.4 is 10.2 Å². The molecule has 0 unspecified atom stereocenters. The van der Waals surface area contributed by atoms with Gasteiger partial charge in [0.05, 0.1) is 24.6 Å². The second-order valence-electron chi connectivity index (χ2n) is 6.53. The van der Waals surface area contributed by atoms with Gasteiger partial charge in [-0.05, 0) is 31.2 Å². The van der Waals surface area contributed by atoms with Gasteiger partial charge in [0.25, 0.3) is 0 Å². The summed E-state index contributed by atoms with van der Waals surface area (Å²) in [5.41, 5.74) is 1.31. The van der Waals surface area contributed by atoms with E-state index in [2.05, 4.69) is 20.2 Å². The largest absolute Gasteiger partial charge is 0.458 e. The van der Waals surface area contributed by atoms with E-state index in [0.717, 1.165) is 24.7 Å². The molecular formula is C20H21N5O3. The Balaban J connectivity index is 1.74. The summed E-state index contributed by atoms with van der Waals surface area (Å²) in [6.07, 6.45) is 0. The highest BCUT2D eigenvalue weighted by molar-refractivity contribution is 5.88. The summed E-state index contributed by atoms with van der Waals surface area (Å²) in [6.45, 7) is 6.27. The highest BCUT2D eigenvalue weighted by atomic mass is 16.5. The fourth-order valence-corrected chi connectivity index (χ4v) is 3.02. The summed E-state index contributed by atoms with van der Waals surface area (Å²) in [4.78, 5) is 27.5. The molecule has 0 bridgehead atoms. The lowest BCUT2D eigenvalue weighted by Gasteiger charge is -2.28. The molecule has 0 aliphatic carbocycles. The molecule has 1 N–H and O–H groups in total. The minimum Gasteiger partial charge on any atom is -0.458 e. The first-order chi connectivity index (χ1) is 13.6. The van der Waals surface area contributed by atoms with E-state index in [1.165, 1.54) is 6.92 Å². The Morgan fingerprint density at radius 1 is 1.07 bits per heavy atom. The molecule has 3 aromatic rings. The van der Waals surface area contributed by atoms with E-state index in [0.29, 0.717) is 42.0 Å². The Kier molecular flexibility index (Phi) is 5.03. The summed E-state index contributed by atoms with van der Waals surface area (Å²) < 4.78 is 11.1. The highest BCUT2D eigenvalue weighted by Gasteiger charge is 2.16. The van der Waals surface area contributed by atoms with Crippen LogP contribution in [-0.2, 0) is 9.53 Å². The SMILES string of the molecule is CC(=O)Nc1cc(-c2cccc(N3CCOCC3)n2)nc(-c2ccc(C)o2)n1. The van der Waals surface area contributed by atoms with Crippen molar-refractivity contribution in [2.24, 2.45) is 0 Å². The molecule has 0 aromatic carbocycles. The number of hydrogen-bond donors (Lipinski definition) is 1. The maximum atomic E-state index is 11.5. The van der Waals surface area contributed by atoms with Gasteiger partial charge in [0.1, 0.15) is 17.4 Å². The lowest BCUT2D eigenvalue weighted by atomic mass is 10.2. The Morgan fingerprint density at radius 3 is 2.61 bits per heavy atom. The molecular weight excluding hydrogens is 358 g/mol. The van der Waals surface area contributed by atoms with E-state index >= 15 is 0 Å². The van der Waals surface area contributed by atoms with Crippen LogP contribution in [0.3, 0.4) is 0 Å². The smallest absolute Gasteiger partial charge is 0.222 e. The molecule has 144 valence electrons. The van der Waals surface area contributed by atoms with E-state index in [1.807, 2.05) is 37.3 Å². The van der Waals surface area contributed by atoms with Crippen molar-refractivity contribution in [2.75, 3.05) is 36.5 Å². The van der Waals surface area contributed by atoms with E-state index in [-0.39, 0.29) is 5.91 Å². The van der Waals surface area contributed by atoms with Gasteiger partial charge in [-0.25, -0.2) is 15.0 Å².